The molecule has 28 heavy (non-hydrogen) atoms. The van der Waals surface area contributed by atoms with E-state index in [0.29, 0.717) is 12.1 Å². The van der Waals surface area contributed by atoms with Gasteiger partial charge in [-0.15, -0.1) is 11.3 Å². The minimum Gasteiger partial charge on any atom is -0.340 e. The van der Waals surface area contributed by atoms with E-state index in [0.717, 1.165) is 37.9 Å². The Labute approximate surface area is 180 Å². The van der Waals surface area contributed by atoms with Gasteiger partial charge in [-0.05, 0) is 72.5 Å². The summed E-state index contributed by atoms with van der Waals surface area (Å²) in [5.41, 5.74) is 4.40. The van der Waals surface area contributed by atoms with Gasteiger partial charge in [-0.1, -0.05) is 13.0 Å². The number of carbonyl (C=O) groups is 1. The lowest BCUT2D eigenvalue weighted by atomic mass is 10.1. The van der Waals surface area contributed by atoms with Crippen molar-refractivity contribution in [2.45, 2.75) is 33.1 Å². The predicted octanol–water partition coefficient (Wildman–Crippen LogP) is 4.84. The van der Waals surface area contributed by atoms with Crippen molar-refractivity contribution in [3.05, 3.63) is 68.8 Å². The van der Waals surface area contributed by atoms with Gasteiger partial charge in [0.1, 0.15) is 12.4 Å². The highest BCUT2D eigenvalue weighted by atomic mass is 127. The Morgan fingerprint density at radius 2 is 2.07 bits per heavy atom. The van der Waals surface area contributed by atoms with E-state index in [1.165, 1.54) is 19.6 Å². The van der Waals surface area contributed by atoms with E-state index < -0.39 is 21.0 Å². The number of rotatable bonds is 4. The molecule has 6 heteroatoms. The number of halogens is 2. The van der Waals surface area contributed by atoms with Crippen LogP contribution >= 0.6 is 32.3 Å². The highest BCUT2D eigenvalue weighted by Gasteiger charge is 2.24. The third kappa shape index (κ3) is 4.08. The van der Waals surface area contributed by atoms with Crippen LogP contribution in [0.15, 0.2) is 41.4 Å². The van der Waals surface area contributed by atoms with E-state index in [2.05, 4.69) is 27.6 Å². The molecular formula is C22H24FIN2OS. The van der Waals surface area contributed by atoms with Gasteiger partial charge in [0.2, 0.25) is 5.91 Å². The maximum absolute atomic E-state index is 13.6. The third-order valence-corrected chi connectivity index (χ3v) is 9.34. The van der Waals surface area contributed by atoms with Crippen molar-refractivity contribution in [2.24, 2.45) is 0 Å². The summed E-state index contributed by atoms with van der Waals surface area (Å²) in [5, 5.41) is 2.16. The number of benzene rings is 1. The summed E-state index contributed by atoms with van der Waals surface area (Å²) in [6.45, 7) is 6.03. The highest BCUT2D eigenvalue weighted by Crippen LogP contribution is 2.31. The molecule has 3 nitrogen and oxygen atoms in total. The fourth-order valence-electron chi connectivity index (χ4n) is 3.62. The van der Waals surface area contributed by atoms with Crippen LogP contribution in [0, 0.1) is 12.7 Å². The largest absolute Gasteiger partial charge is 0.340 e. The fraction of sp³-hybridized carbons (Fsp3) is 0.364. The molecule has 1 aromatic carbocycles. The first-order chi connectivity index (χ1) is 13.5. The lowest BCUT2D eigenvalue weighted by molar-refractivity contribution is -0.130. The van der Waals surface area contributed by atoms with Crippen LogP contribution in [0.3, 0.4) is 0 Å². The van der Waals surface area contributed by atoms with E-state index >= 15 is 0 Å². The van der Waals surface area contributed by atoms with Crippen molar-refractivity contribution in [2.75, 3.05) is 19.6 Å². The average molecular weight is 510 g/mol. The first kappa shape index (κ1) is 19.8. The fourth-order valence-corrected chi connectivity index (χ4v) is 7.54. The van der Waals surface area contributed by atoms with Crippen LogP contribution in [0.1, 0.15) is 34.9 Å². The lowest BCUT2D eigenvalue weighted by Gasteiger charge is -2.24. The topological polar surface area (TPSA) is 23.6 Å². The number of hydrogen-bond acceptors (Lipinski definition) is 3. The second kappa shape index (κ2) is 8.45. The second-order valence-corrected chi connectivity index (χ2v) is 11.0. The number of allylic oxidation sites excluding steroid dienone is 2. The van der Waals surface area contributed by atoms with Gasteiger partial charge in [0.15, 0.2) is 0 Å². The number of nitrogens with zero attached hydrogens (tertiary/aromatic N) is 2. The average Bonchev–Trinajstić information content (AvgIpc) is 3.25. The molecule has 0 fully saturated rings. The quantitative estimate of drug-likeness (QED) is 0.435. The molecule has 0 saturated carbocycles. The third-order valence-electron chi connectivity index (χ3n) is 5.32. The van der Waals surface area contributed by atoms with Gasteiger partial charge >= 0.3 is 0 Å². The molecule has 1 amide bonds. The molecule has 0 spiro atoms. The number of thiophene rings is 1. The molecule has 0 bridgehead atoms. The SMILES string of the molecule is CCC1=CC(c2ccc(F)c(C)c2)=IN1CC(=O)N1CCc2ccsc2CC1. The van der Waals surface area contributed by atoms with E-state index in [9.17, 15) is 9.18 Å². The summed E-state index contributed by atoms with van der Waals surface area (Å²) < 4.78 is 17.2. The number of fused-ring (bicyclic) bond motifs is 1. The highest BCUT2D eigenvalue weighted by molar-refractivity contribution is 14.2. The van der Waals surface area contributed by atoms with E-state index in [4.69, 9.17) is 0 Å². The molecule has 2 aliphatic rings. The van der Waals surface area contributed by atoms with Crippen LogP contribution in [0.5, 0.6) is 0 Å². The van der Waals surface area contributed by atoms with Crippen molar-refractivity contribution in [3.63, 3.8) is 0 Å². The number of hydrogen-bond donors (Lipinski definition) is 0. The van der Waals surface area contributed by atoms with Gasteiger partial charge in [-0.3, -0.25) is 4.79 Å². The van der Waals surface area contributed by atoms with Crippen LogP contribution in [-0.4, -0.2) is 37.1 Å². The molecule has 0 radical (unpaired) electrons. The summed E-state index contributed by atoms with van der Waals surface area (Å²) in [7, 11) is 0. The smallest absolute Gasteiger partial charge is 0.242 e. The Bertz CT molecular complexity index is 943. The Morgan fingerprint density at radius 1 is 1.25 bits per heavy atom. The van der Waals surface area contributed by atoms with Gasteiger partial charge < -0.3 is 8.01 Å². The van der Waals surface area contributed by atoms with Crippen LogP contribution in [0.2, 0.25) is 0 Å². The molecule has 0 unspecified atom stereocenters. The molecule has 148 valence electrons. The zero-order valence-electron chi connectivity index (χ0n) is 16.2. The molecule has 1 aromatic heterocycles. The molecule has 3 heterocycles. The first-order valence-corrected chi connectivity index (χ1v) is 12.6. The van der Waals surface area contributed by atoms with E-state index in [1.54, 1.807) is 13.0 Å². The summed E-state index contributed by atoms with van der Waals surface area (Å²) in [5.74, 6) is 0.0627. The maximum atomic E-state index is 13.6. The molecule has 0 saturated heterocycles. The molecule has 4 rings (SSSR count). The van der Waals surface area contributed by atoms with E-state index in [-0.39, 0.29) is 11.7 Å². The van der Waals surface area contributed by atoms with Crippen molar-refractivity contribution in [3.8, 4) is 0 Å². The number of carbonyl (C=O) groups excluding carboxylic acids is 1. The first-order valence-electron chi connectivity index (χ1n) is 9.65. The Kier molecular flexibility index (Phi) is 5.96. The minimum atomic E-state index is -0.449. The number of amides is 1. The maximum Gasteiger partial charge on any atom is 0.242 e. The standard InChI is InChI=1S/C22H24FIN2OS/c1-3-18-13-20(17-4-5-19(23)15(2)12-17)24-26(18)14-22(27)25-9-6-16-8-11-28-21(16)7-10-25/h4-5,8,11-13H,3,6-7,9-10,14H2,1-2H3. The van der Waals surface area contributed by atoms with Crippen molar-refractivity contribution < 1.29 is 9.18 Å². The zero-order chi connectivity index (χ0) is 19.7. The second-order valence-electron chi connectivity index (χ2n) is 7.16. The zero-order valence-corrected chi connectivity index (χ0v) is 19.1. The number of aryl methyl sites for hydroxylation is 1. The molecule has 0 aliphatic carbocycles. The molecule has 0 N–H and O–H groups in total. The van der Waals surface area contributed by atoms with Crippen molar-refractivity contribution in [1.82, 2.24) is 8.01 Å². The summed E-state index contributed by atoms with van der Waals surface area (Å²) in [6.07, 6.45) is 5.06. The molecule has 2 aromatic rings. The molecule has 0 atom stereocenters. The predicted molar refractivity (Wildman–Crippen MR) is 123 cm³/mol. The van der Waals surface area contributed by atoms with Gasteiger partial charge in [0, 0.05) is 48.2 Å². The van der Waals surface area contributed by atoms with Crippen LogP contribution < -0.4 is 0 Å². The normalized spacial score (nSPS) is 16.8. The van der Waals surface area contributed by atoms with Crippen LogP contribution in [-0.2, 0) is 17.6 Å². The van der Waals surface area contributed by atoms with E-state index in [1.807, 2.05) is 28.4 Å². The van der Waals surface area contributed by atoms with Gasteiger partial charge in [-0.25, -0.2) is 4.39 Å². The van der Waals surface area contributed by atoms with Crippen LogP contribution in [0.25, 0.3) is 0 Å². The van der Waals surface area contributed by atoms with Gasteiger partial charge in [0.05, 0.1) is 0 Å². The Hall–Kier alpha value is -1.54. The monoisotopic (exact) mass is 510 g/mol. The Balaban J connectivity index is 1.46. The Morgan fingerprint density at radius 3 is 2.86 bits per heavy atom. The van der Waals surface area contributed by atoms with Crippen molar-refractivity contribution >= 4 is 41.8 Å². The molecular weight excluding hydrogens is 486 g/mol. The summed E-state index contributed by atoms with van der Waals surface area (Å²) in [4.78, 5) is 16.5. The lowest BCUT2D eigenvalue weighted by Crippen LogP contribution is -2.38. The summed E-state index contributed by atoms with van der Waals surface area (Å²) in [6, 6.07) is 7.53. The summed E-state index contributed by atoms with van der Waals surface area (Å²) >= 11 is 1.36. The van der Waals surface area contributed by atoms with Crippen LogP contribution in [0.4, 0.5) is 4.39 Å². The van der Waals surface area contributed by atoms with Gasteiger partial charge in [-0.2, -0.15) is 0 Å². The van der Waals surface area contributed by atoms with Crippen molar-refractivity contribution in [1.29, 1.82) is 0 Å². The van der Waals surface area contributed by atoms with Gasteiger partial charge in [0.25, 0.3) is 0 Å². The molecule has 2 aliphatic heterocycles. The minimum absolute atomic E-state index is 0.165.